The standard InChI is InChI=1S/C13H12N2S/c1-3-11-9(2)16-13(15-11)12(14)10-7-5-4-6-8-10/h1,4-8,12H,14H2,2H3. The molecule has 1 aromatic carbocycles. The molecule has 1 aromatic heterocycles. The third-order valence-electron chi connectivity index (χ3n) is 2.37. The van der Waals surface area contributed by atoms with Gasteiger partial charge < -0.3 is 5.73 Å². The molecular formula is C13H12N2S. The fourth-order valence-electron chi connectivity index (χ4n) is 1.49. The maximum atomic E-state index is 6.13. The van der Waals surface area contributed by atoms with Gasteiger partial charge in [0.2, 0.25) is 0 Å². The lowest BCUT2D eigenvalue weighted by Crippen LogP contribution is -2.11. The average Bonchev–Trinajstić information content (AvgIpc) is 2.71. The monoisotopic (exact) mass is 228 g/mol. The molecule has 0 amide bonds. The number of hydrogen-bond donors (Lipinski definition) is 1. The summed E-state index contributed by atoms with van der Waals surface area (Å²) < 4.78 is 0. The van der Waals surface area contributed by atoms with Crippen molar-refractivity contribution in [2.24, 2.45) is 5.73 Å². The molecule has 0 aliphatic rings. The number of benzene rings is 1. The maximum absolute atomic E-state index is 6.13. The van der Waals surface area contributed by atoms with E-state index in [4.69, 9.17) is 12.2 Å². The van der Waals surface area contributed by atoms with E-state index in [1.165, 1.54) is 0 Å². The van der Waals surface area contributed by atoms with Crippen LogP contribution < -0.4 is 5.73 Å². The first-order valence-corrected chi connectivity index (χ1v) is 5.78. The molecule has 0 saturated heterocycles. The largest absolute Gasteiger partial charge is 0.318 e. The molecule has 2 rings (SSSR count). The smallest absolute Gasteiger partial charge is 0.127 e. The Bertz CT molecular complexity index is 523. The predicted molar refractivity (Wildman–Crippen MR) is 67.3 cm³/mol. The third-order valence-corrected chi connectivity index (χ3v) is 3.43. The lowest BCUT2D eigenvalue weighted by Gasteiger charge is -2.07. The number of hydrogen-bond acceptors (Lipinski definition) is 3. The number of terminal acetylenes is 1. The zero-order valence-electron chi connectivity index (χ0n) is 8.97. The molecule has 80 valence electrons. The van der Waals surface area contributed by atoms with E-state index in [1.54, 1.807) is 11.3 Å². The van der Waals surface area contributed by atoms with Crippen LogP contribution in [0.2, 0.25) is 0 Å². The van der Waals surface area contributed by atoms with Crippen LogP contribution in [0.3, 0.4) is 0 Å². The summed E-state index contributed by atoms with van der Waals surface area (Å²) in [6, 6.07) is 9.71. The van der Waals surface area contributed by atoms with Gasteiger partial charge in [0.1, 0.15) is 10.7 Å². The Morgan fingerprint density at radius 2 is 2.06 bits per heavy atom. The van der Waals surface area contributed by atoms with E-state index in [9.17, 15) is 0 Å². The molecule has 0 spiro atoms. The molecule has 1 atom stereocenters. The Hall–Kier alpha value is -1.63. The van der Waals surface area contributed by atoms with Crippen LogP contribution in [0.4, 0.5) is 0 Å². The van der Waals surface area contributed by atoms with Crippen LogP contribution in [0, 0.1) is 19.3 Å². The number of thiazole rings is 1. The summed E-state index contributed by atoms with van der Waals surface area (Å²) in [5.74, 6) is 2.57. The number of aromatic nitrogens is 1. The SMILES string of the molecule is C#Cc1nc(C(N)c2ccccc2)sc1C. The Morgan fingerprint density at radius 1 is 1.38 bits per heavy atom. The molecule has 2 nitrogen and oxygen atoms in total. The third kappa shape index (κ3) is 1.99. The minimum Gasteiger partial charge on any atom is -0.318 e. The van der Waals surface area contributed by atoms with Crippen LogP contribution >= 0.6 is 11.3 Å². The molecule has 1 unspecified atom stereocenters. The van der Waals surface area contributed by atoms with Crippen LogP contribution in [0.1, 0.15) is 27.2 Å². The van der Waals surface area contributed by atoms with Gasteiger partial charge in [-0.05, 0) is 18.4 Å². The second-order valence-corrected chi connectivity index (χ2v) is 4.72. The van der Waals surface area contributed by atoms with Crippen LogP contribution in [0.5, 0.6) is 0 Å². The molecule has 0 aliphatic heterocycles. The molecule has 3 heteroatoms. The van der Waals surface area contributed by atoms with Gasteiger partial charge in [0.15, 0.2) is 0 Å². The fraction of sp³-hybridized carbons (Fsp3) is 0.154. The Labute approximate surface area is 99.1 Å². The highest BCUT2D eigenvalue weighted by Gasteiger charge is 2.14. The predicted octanol–water partition coefficient (Wildman–Crippen LogP) is 2.48. The van der Waals surface area contributed by atoms with E-state index >= 15 is 0 Å². The van der Waals surface area contributed by atoms with Crippen molar-refractivity contribution in [2.75, 3.05) is 0 Å². The van der Waals surface area contributed by atoms with Gasteiger partial charge in [-0.15, -0.1) is 17.8 Å². The van der Waals surface area contributed by atoms with Crippen LogP contribution in [-0.4, -0.2) is 4.98 Å². The lowest BCUT2D eigenvalue weighted by atomic mass is 10.1. The quantitative estimate of drug-likeness (QED) is 0.802. The van der Waals surface area contributed by atoms with Gasteiger partial charge in [0.25, 0.3) is 0 Å². The Balaban J connectivity index is 2.35. The van der Waals surface area contributed by atoms with Gasteiger partial charge in [-0.3, -0.25) is 0 Å². The van der Waals surface area contributed by atoms with Crippen molar-refractivity contribution < 1.29 is 0 Å². The van der Waals surface area contributed by atoms with E-state index in [0.29, 0.717) is 5.69 Å². The first kappa shape index (κ1) is 10.9. The van der Waals surface area contributed by atoms with E-state index in [1.807, 2.05) is 37.3 Å². The molecule has 0 aliphatic carbocycles. The molecule has 0 radical (unpaired) electrons. The topological polar surface area (TPSA) is 38.9 Å². The lowest BCUT2D eigenvalue weighted by molar-refractivity contribution is 0.856. The molecule has 2 aromatic rings. The van der Waals surface area contributed by atoms with Crippen molar-refractivity contribution in [2.45, 2.75) is 13.0 Å². The fourth-order valence-corrected chi connectivity index (χ4v) is 2.40. The van der Waals surface area contributed by atoms with Gasteiger partial charge in [0, 0.05) is 4.88 Å². The highest BCUT2D eigenvalue weighted by molar-refractivity contribution is 7.11. The molecule has 1 heterocycles. The average molecular weight is 228 g/mol. The molecule has 0 saturated carbocycles. The summed E-state index contributed by atoms with van der Waals surface area (Å²) >= 11 is 1.56. The van der Waals surface area contributed by atoms with E-state index < -0.39 is 0 Å². The van der Waals surface area contributed by atoms with Crippen LogP contribution in [0.15, 0.2) is 30.3 Å². The van der Waals surface area contributed by atoms with E-state index in [0.717, 1.165) is 15.4 Å². The minimum atomic E-state index is -0.188. The number of rotatable bonds is 2. The maximum Gasteiger partial charge on any atom is 0.127 e. The molecule has 0 bridgehead atoms. The van der Waals surface area contributed by atoms with Crippen molar-refractivity contribution in [3.8, 4) is 12.3 Å². The zero-order chi connectivity index (χ0) is 11.5. The molecule has 0 fully saturated rings. The molecule has 2 N–H and O–H groups in total. The van der Waals surface area contributed by atoms with Crippen molar-refractivity contribution in [1.29, 1.82) is 0 Å². The van der Waals surface area contributed by atoms with Gasteiger partial charge in [-0.2, -0.15) is 0 Å². The van der Waals surface area contributed by atoms with Crippen molar-refractivity contribution in [1.82, 2.24) is 4.98 Å². The number of aryl methyl sites for hydroxylation is 1. The molecule has 16 heavy (non-hydrogen) atoms. The number of nitrogens with two attached hydrogens (primary N) is 1. The summed E-state index contributed by atoms with van der Waals surface area (Å²) in [6.45, 7) is 1.97. The van der Waals surface area contributed by atoms with Crippen molar-refractivity contribution >= 4 is 11.3 Å². The first-order chi connectivity index (χ1) is 7.72. The Kier molecular flexibility index (Phi) is 3.04. The van der Waals surface area contributed by atoms with E-state index in [-0.39, 0.29) is 6.04 Å². The van der Waals surface area contributed by atoms with E-state index in [2.05, 4.69) is 10.9 Å². The van der Waals surface area contributed by atoms with Crippen LogP contribution in [-0.2, 0) is 0 Å². The van der Waals surface area contributed by atoms with Crippen molar-refractivity contribution in [3.63, 3.8) is 0 Å². The highest BCUT2D eigenvalue weighted by Crippen LogP contribution is 2.25. The minimum absolute atomic E-state index is 0.188. The second kappa shape index (κ2) is 4.48. The summed E-state index contributed by atoms with van der Waals surface area (Å²) in [7, 11) is 0. The normalized spacial score (nSPS) is 12.1. The summed E-state index contributed by atoms with van der Waals surface area (Å²) in [6.07, 6.45) is 5.36. The highest BCUT2D eigenvalue weighted by atomic mass is 32.1. The first-order valence-electron chi connectivity index (χ1n) is 4.97. The number of nitrogens with zero attached hydrogens (tertiary/aromatic N) is 1. The summed E-state index contributed by atoms with van der Waals surface area (Å²) in [5.41, 5.74) is 7.89. The summed E-state index contributed by atoms with van der Waals surface area (Å²) in [5, 5.41) is 0.872. The van der Waals surface area contributed by atoms with Gasteiger partial charge in [-0.25, -0.2) is 4.98 Å². The van der Waals surface area contributed by atoms with Crippen molar-refractivity contribution in [3.05, 3.63) is 51.5 Å². The second-order valence-electron chi connectivity index (χ2n) is 3.49. The van der Waals surface area contributed by atoms with Crippen LogP contribution in [0.25, 0.3) is 0 Å². The van der Waals surface area contributed by atoms with Gasteiger partial charge in [0.05, 0.1) is 6.04 Å². The zero-order valence-corrected chi connectivity index (χ0v) is 9.79. The Morgan fingerprint density at radius 3 is 2.62 bits per heavy atom. The van der Waals surface area contributed by atoms with Gasteiger partial charge in [-0.1, -0.05) is 30.3 Å². The summed E-state index contributed by atoms with van der Waals surface area (Å²) in [4.78, 5) is 5.41. The van der Waals surface area contributed by atoms with Gasteiger partial charge >= 0.3 is 0 Å². The molecular weight excluding hydrogens is 216 g/mol.